The fraction of sp³-hybridized carbons (Fsp3) is 0.333. The molecule has 1 aromatic carbocycles. The molecule has 1 heterocycles. The first-order chi connectivity index (χ1) is 9.22. The molecule has 0 aliphatic heterocycles. The summed E-state index contributed by atoms with van der Waals surface area (Å²) in [6, 6.07) is 9.89. The molecule has 1 N–H and O–H groups in total. The minimum Gasteiger partial charge on any atom is -0.479 e. The summed E-state index contributed by atoms with van der Waals surface area (Å²) in [5.41, 5.74) is 1.44. The summed E-state index contributed by atoms with van der Waals surface area (Å²) >= 11 is 0. The molecule has 4 heteroatoms. The Morgan fingerprint density at radius 3 is 2.74 bits per heavy atom. The van der Waals surface area contributed by atoms with Crippen molar-refractivity contribution in [2.45, 2.75) is 31.2 Å². The van der Waals surface area contributed by atoms with Gasteiger partial charge in [0.05, 0.1) is 0 Å². The molecule has 1 unspecified atom stereocenters. The first kappa shape index (κ1) is 12.0. The number of fused-ring (bicyclic) bond motifs is 1. The number of carboxylic acid groups (broad SMARTS) is 1. The maximum absolute atomic E-state index is 11.9. The third kappa shape index (κ3) is 1.93. The number of hydrogen-bond donors (Lipinski definition) is 1. The SMILES string of the molecule is O=C(O)C1(n2cccn2)CCCc2ccccc2C1. The molecular weight excluding hydrogens is 240 g/mol. The number of aliphatic carboxylic acids is 1. The van der Waals surface area contributed by atoms with Crippen LogP contribution < -0.4 is 0 Å². The quantitative estimate of drug-likeness (QED) is 0.838. The van der Waals surface area contributed by atoms with Crippen molar-refractivity contribution in [3.63, 3.8) is 0 Å². The lowest BCUT2D eigenvalue weighted by atomic mass is 9.88. The second kappa shape index (κ2) is 4.53. The van der Waals surface area contributed by atoms with Crippen molar-refractivity contribution in [3.05, 3.63) is 53.9 Å². The van der Waals surface area contributed by atoms with Crippen LogP contribution >= 0.6 is 0 Å². The molecule has 98 valence electrons. The third-order valence-corrected chi connectivity index (χ3v) is 3.98. The van der Waals surface area contributed by atoms with Gasteiger partial charge in [-0.2, -0.15) is 5.10 Å². The van der Waals surface area contributed by atoms with E-state index >= 15 is 0 Å². The Morgan fingerprint density at radius 2 is 2.05 bits per heavy atom. The van der Waals surface area contributed by atoms with E-state index in [2.05, 4.69) is 11.2 Å². The van der Waals surface area contributed by atoms with Crippen molar-refractivity contribution in [2.24, 2.45) is 0 Å². The maximum atomic E-state index is 11.9. The van der Waals surface area contributed by atoms with Crippen LogP contribution in [-0.4, -0.2) is 20.9 Å². The van der Waals surface area contributed by atoms with Crippen LogP contribution in [0, 0.1) is 0 Å². The summed E-state index contributed by atoms with van der Waals surface area (Å²) in [6.07, 6.45) is 6.30. The molecule has 1 aromatic heterocycles. The predicted octanol–water partition coefficient (Wildman–Crippen LogP) is 2.24. The summed E-state index contributed by atoms with van der Waals surface area (Å²) in [4.78, 5) is 11.9. The fourth-order valence-electron chi connectivity index (χ4n) is 2.95. The van der Waals surface area contributed by atoms with Crippen LogP contribution in [-0.2, 0) is 23.2 Å². The van der Waals surface area contributed by atoms with E-state index in [-0.39, 0.29) is 0 Å². The zero-order valence-electron chi connectivity index (χ0n) is 10.6. The number of carbonyl (C=O) groups is 1. The van der Waals surface area contributed by atoms with E-state index < -0.39 is 11.5 Å². The second-order valence-electron chi connectivity index (χ2n) is 5.09. The number of rotatable bonds is 2. The van der Waals surface area contributed by atoms with Crippen LogP contribution in [0.15, 0.2) is 42.7 Å². The first-order valence-electron chi connectivity index (χ1n) is 6.53. The Kier molecular flexibility index (Phi) is 2.85. The highest BCUT2D eigenvalue weighted by Gasteiger charge is 2.42. The summed E-state index contributed by atoms with van der Waals surface area (Å²) < 4.78 is 1.61. The minimum atomic E-state index is -0.948. The number of benzene rings is 1. The van der Waals surface area contributed by atoms with Crippen molar-refractivity contribution in [1.29, 1.82) is 0 Å². The Bertz CT molecular complexity index is 592. The third-order valence-electron chi connectivity index (χ3n) is 3.98. The molecule has 1 aliphatic rings. The Hall–Kier alpha value is -2.10. The lowest BCUT2D eigenvalue weighted by Gasteiger charge is -2.28. The molecule has 0 saturated heterocycles. The van der Waals surface area contributed by atoms with E-state index in [0.717, 1.165) is 18.4 Å². The highest BCUT2D eigenvalue weighted by atomic mass is 16.4. The van der Waals surface area contributed by atoms with Crippen LogP contribution in [0.4, 0.5) is 0 Å². The number of hydrogen-bond acceptors (Lipinski definition) is 2. The Morgan fingerprint density at radius 1 is 1.26 bits per heavy atom. The standard InChI is InChI=1S/C15H16N2O2/c18-14(19)15(17-10-4-9-16-17)8-3-7-12-5-1-2-6-13(12)11-15/h1-2,4-6,9-10H,3,7-8,11H2,(H,18,19). The van der Waals surface area contributed by atoms with Gasteiger partial charge in [-0.05, 0) is 36.5 Å². The molecule has 1 aliphatic carbocycles. The van der Waals surface area contributed by atoms with E-state index in [9.17, 15) is 9.90 Å². The largest absolute Gasteiger partial charge is 0.479 e. The van der Waals surface area contributed by atoms with Crippen LogP contribution in [0.5, 0.6) is 0 Å². The van der Waals surface area contributed by atoms with E-state index in [1.54, 1.807) is 23.1 Å². The van der Waals surface area contributed by atoms with Crippen LogP contribution in [0.1, 0.15) is 24.0 Å². The summed E-state index contributed by atoms with van der Waals surface area (Å²) in [6.45, 7) is 0. The molecule has 1 atom stereocenters. The van der Waals surface area contributed by atoms with E-state index in [1.807, 2.05) is 18.2 Å². The summed E-state index contributed by atoms with van der Waals surface area (Å²) in [7, 11) is 0. The molecule has 2 aromatic rings. The molecular formula is C15H16N2O2. The van der Waals surface area contributed by atoms with E-state index in [4.69, 9.17) is 0 Å². The monoisotopic (exact) mass is 256 g/mol. The number of aryl methyl sites for hydroxylation is 1. The summed E-state index contributed by atoms with van der Waals surface area (Å²) in [5.74, 6) is -0.798. The first-order valence-corrected chi connectivity index (χ1v) is 6.53. The van der Waals surface area contributed by atoms with Crippen molar-refractivity contribution < 1.29 is 9.90 Å². The average molecular weight is 256 g/mol. The second-order valence-corrected chi connectivity index (χ2v) is 5.09. The zero-order valence-corrected chi connectivity index (χ0v) is 10.6. The van der Waals surface area contributed by atoms with Gasteiger partial charge in [0, 0.05) is 18.8 Å². The van der Waals surface area contributed by atoms with Crippen molar-refractivity contribution >= 4 is 5.97 Å². The van der Waals surface area contributed by atoms with Crippen molar-refractivity contribution in [2.75, 3.05) is 0 Å². The lowest BCUT2D eigenvalue weighted by molar-refractivity contribution is -0.148. The van der Waals surface area contributed by atoms with Crippen LogP contribution in [0.3, 0.4) is 0 Å². The van der Waals surface area contributed by atoms with Gasteiger partial charge in [0.15, 0.2) is 5.54 Å². The topological polar surface area (TPSA) is 55.1 Å². The van der Waals surface area contributed by atoms with Gasteiger partial charge in [0.25, 0.3) is 0 Å². The highest BCUT2D eigenvalue weighted by Crippen LogP contribution is 2.33. The zero-order chi connectivity index (χ0) is 13.3. The van der Waals surface area contributed by atoms with E-state index in [1.165, 1.54) is 5.56 Å². The molecule has 0 saturated carbocycles. The van der Waals surface area contributed by atoms with Gasteiger partial charge < -0.3 is 5.11 Å². The van der Waals surface area contributed by atoms with Gasteiger partial charge in [-0.15, -0.1) is 0 Å². The van der Waals surface area contributed by atoms with Crippen molar-refractivity contribution in [1.82, 2.24) is 9.78 Å². The van der Waals surface area contributed by atoms with Gasteiger partial charge >= 0.3 is 5.97 Å². The van der Waals surface area contributed by atoms with Gasteiger partial charge in [-0.3, -0.25) is 4.68 Å². The number of nitrogens with zero attached hydrogens (tertiary/aromatic N) is 2. The van der Waals surface area contributed by atoms with Gasteiger partial charge in [-0.1, -0.05) is 24.3 Å². The highest BCUT2D eigenvalue weighted by molar-refractivity contribution is 5.77. The normalized spacial score (nSPS) is 22.5. The molecule has 0 bridgehead atoms. The van der Waals surface area contributed by atoms with Gasteiger partial charge in [0.1, 0.15) is 0 Å². The lowest BCUT2D eigenvalue weighted by Crippen LogP contribution is -2.44. The van der Waals surface area contributed by atoms with Gasteiger partial charge in [-0.25, -0.2) is 4.79 Å². The minimum absolute atomic E-state index is 0.500. The molecule has 0 fully saturated rings. The molecule has 4 nitrogen and oxygen atoms in total. The molecule has 0 spiro atoms. The van der Waals surface area contributed by atoms with Crippen molar-refractivity contribution in [3.8, 4) is 0 Å². The van der Waals surface area contributed by atoms with Gasteiger partial charge in [0.2, 0.25) is 0 Å². The van der Waals surface area contributed by atoms with Crippen LogP contribution in [0.2, 0.25) is 0 Å². The average Bonchev–Trinajstić information content (AvgIpc) is 2.86. The maximum Gasteiger partial charge on any atom is 0.331 e. The molecule has 0 amide bonds. The Labute approximate surface area is 111 Å². The van der Waals surface area contributed by atoms with Crippen LogP contribution in [0.25, 0.3) is 0 Å². The molecule has 0 radical (unpaired) electrons. The predicted molar refractivity (Wildman–Crippen MR) is 70.9 cm³/mol. The smallest absolute Gasteiger partial charge is 0.331 e. The fourth-order valence-corrected chi connectivity index (χ4v) is 2.95. The Balaban J connectivity index is 2.10. The number of aromatic nitrogens is 2. The molecule has 3 rings (SSSR count). The molecule has 19 heavy (non-hydrogen) atoms. The van der Waals surface area contributed by atoms with E-state index in [0.29, 0.717) is 12.8 Å². The summed E-state index contributed by atoms with van der Waals surface area (Å²) in [5, 5.41) is 13.9. The number of carboxylic acids is 1.